The van der Waals surface area contributed by atoms with Crippen molar-refractivity contribution in [3.8, 4) is 11.5 Å². The zero-order valence-corrected chi connectivity index (χ0v) is 16.9. The Morgan fingerprint density at radius 2 is 1.85 bits per heavy atom. The van der Waals surface area contributed by atoms with E-state index in [4.69, 9.17) is 16.0 Å². The molecule has 1 aromatic heterocycles. The van der Waals surface area contributed by atoms with Gasteiger partial charge in [-0.2, -0.15) is 0 Å². The minimum Gasteiger partial charge on any atom is -0.419 e. The van der Waals surface area contributed by atoms with Crippen LogP contribution in [0.25, 0.3) is 11.5 Å². The van der Waals surface area contributed by atoms with Crippen molar-refractivity contribution in [1.29, 1.82) is 0 Å². The molecule has 7 heteroatoms. The number of nitrogens with zero attached hydrogens (tertiary/aromatic N) is 3. The first-order chi connectivity index (χ1) is 13.0. The van der Waals surface area contributed by atoms with Crippen LogP contribution < -0.4 is 0 Å². The molecule has 1 amide bonds. The molecule has 27 heavy (non-hydrogen) atoms. The standard InChI is InChI=1S/C20H20ClN3O2S/c1-13(2)24(20(25)15-9-5-7-11-17(15)27-3)12-18-22-23-19(26-18)14-8-4-6-10-16(14)21/h4-11,13H,12H2,1-3H3. The molecular weight excluding hydrogens is 382 g/mol. The van der Waals surface area contributed by atoms with Crippen LogP contribution in [0.5, 0.6) is 0 Å². The number of rotatable bonds is 6. The smallest absolute Gasteiger partial charge is 0.255 e. The van der Waals surface area contributed by atoms with Crippen molar-refractivity contribution >= 4 is 29.3 Å². The Kier molecular flexibility index (Phi) is 6.19. The first-order valence-corrected chi connectivity index (χ1v) is 10.1. The van der Waals surface area contributed by atoms with Crippen LogP contribution in [0.2, 0.25) is 5.02 Å². The summed E-state index contributed by atoms with van der Waals surface area (Å²) in [5.74, 6) is 0.650. The van der Waals surface area contributed by atoms with E-state index in [2.05, 4.69) is 10.2 Å². The normalized spacial score (nSPS) is 11.0. The third-order valence-corrected chi connectivity index (χ3v) is 5.22. The number of hydrogen-bond acceptors (Lipinski definition) is 5. The molecule has 5 nitrogen and oxygen atoms in total. The van der Waals surface area contributed by atoms with Crippen molar-refractivity contribution < 1.29 is 9.21 Å². The second-order valence-electron chi connectivity index (χ2n) is 6.21. The number of benzene rings is 2. The molecule has 0 radical (unpaired) electrons. The van der Waals surface area contributed by atoms with Gasteiger partial charge < -0.3 is 9.32 Å². The highest BCUT2D eigenvalue weighted by Gasteiger charge is 2.24. The minimum atomic E-state index is -0.0626. The van der Waals surface area contributed by atoms with Gasteiger partial charge in [0.05, 0.1) is 22.7 Å². The molecule has 1 heterocycles. The molecule has 0 aliphatic rings. The SMILES string of the molecule is CSc1ccccc1C(=O)N(Cc1nnc(-c2ccccc2Cl)o1)C(C)C. The molecule has 0 saturated heterocycles. The van der Waals surface area contributed by atoms with Crippen molar-refractivity contribution in [3.63, 3.8) is 0 Å². The van der Waals surface area contributed by atoms with Gasteiger partial charge >= 0.3 is 0 Å². The molecule has 0 aliphatic heterocycles. The van der Waals surface area contributed by atoms with Crippen molar-refractivity contribution in [3.05, 3.63) is 65.0 Å². The van der Waals surface area contributed by atoms with E-state index in [1.54, 1.807) is 22.7 Å². The van der Waals surface area contributed by atoms with E-state index in [0.29, 0.717) is 27.9 Å². The lowest BCUT2D eigenvalue weighted by Crippen LogP contribution is -2.36. The molecule has 3 aromatic rings. The third kappa shape index (κ3) is 4.34. The molecule has 0 saturated carbocycles. The van der Waals surface area contributed by atoms with Crippen LogP contribution in [0.1, 0.15) is 30.1 Å². The number of hydrogen-bond donors (Lipinski definition) is 0. The van der Waals surface area contributed by atoms with E-state index in [1.165, 1.54) is 0 Å². The summed E-state index contributed by atoms with van der Waals surface area (Å²) < 4.78 is 5.77. The molecule has 140 valence electrons. The number of amides is 1. The van der Waals surface area contributed by atoms with Crippen LogP contribution in [-0.4, -0.2) is 33.3 Å². The zero-order chi connectivity index (χ0) is 19.4. The van der Waals surface area contributed by atoms with E-state index in [0.717, 1.165) is 4.90 Å². The van der Waals surface area contributed by atoms with Gasteiger partial charge in [-0.1, -0.05) is 35.9 Å². The fourth-order valence-corrected chi connectivity index (χ4v) is 3.48. The van der Waals surface area contributed by atoms with Crippen LogP contribution in [0.15, 0.2) is 57.8 Å². The molecule has 0 unspecified atom stereocenters. The molecule has 2 aromatic carbocycles. The van der Waals surface area contributed by atoms with Crippen LogP contribution >= 0.6 is 23.4 Å². The van der Waals surface area contributed by atoms with E-state index in [9.17, 15) is 4.79 Å². The van der Waals surface area contributed by atoms with Gasteiger partial charge in [0.1, 0.15) is 0 Å². The van der Waals surface area contributed by atoms with Crippen molar-refractivity contribution in [1.82, 2.24) is 15.1 Å². The Morgan fingerprint density at radius 1 is 1.15 bits per heavy atom. The van der Waals surface area contributed by atoms with Crippen molar-refractivity contribution in [2.45, 2.75) is 31.3 Å². The number of thioether (sulfide) groups is 1. The molecule has 0 N–H and O–H groups in total. The monoisotopic (exact) mass is 401 g/mol. The second-order valence-corrected chi connectivity index (χ2v) is 7.46. The van der Waals surface area contributed by atoms with Crippen LogP contribution in [0, 0.1) is 0 Å². The van der Waals surface area contributed by atoms with Gasteiger partial charge in [0.25, 0.3) is 5.91 Å². The largest absolute Gasteiger partial charge is 0.419 e. The Balaban J connectivity index is 1.86. The van der Waals surface area contributed by atoms with Gasteiger partial charge in [-0.15, -0.1) is 22.0 Å². The highest BCUT2D eigenvalue weighted by atomic mass is 35.5. The van der Waals surface area contributed by atoms with Crippen LogP contribution in [-0.2, 0) is 6.54 Å². The summed E-state index contributed by atoms with van der Waals surface area (Å²) in [6, 6.07) is 14.8. The summed E-state index contributed by atoms with van der Waals surface area (Å²) in [4.78, 5) is 15.8. The third-order valence-electron chi connectivity index (χ3n) is 4.10. The van der Waals surface area contributed by atoms with E-state index < -0.39 is 0 Å². The first-order valence-electron chi connectivity index (χ1n) is 8.52. The summed E-state index contributed by atoms with van der Waals surface area (Å²) in [7, 11) is 0. The topological polar surface area (TPSA) is 59.2 Å². The van der Waals surface area contributed by atoms with Gasteiger partial charge in [-0.05, 0) is 44.4 Å². The van der Waals surface area contributed by atoms with Gasteiger partial charge in [0.2, 0.25) is 11.8 Å². The number of aromatic nitrogens is 2. The van der Waals surface area contributed by atoms with Gasteiger partial charge in [-0.3, -0.25) is 4.79 Å². The molecule has 0 spiro atoms. The number of halogens is 1. The summed E-state index contributed by atoms with van der Waals surface area (Å²) >= 11 is 7.74. The Labute approximate surface area is 167 Å². The van der Waals surface area contributed by atoms with Gasteiger partial charge in [0, 0.05) is 10.9 Å². The summed E-state index contributed by atoms with van der Waals surface area (Å²) in [6.07, 6.45) is 1.96. The lowest BCUT2D eigenvalue weighted by molar-refractivity contribution is 0.0669. The van der Waals surface area contributed by atoms with Crippen LogP contribution in [0.3, 0.4) is 0 Å². The Hall–Kier alpha value is -2.31. The maximum atomic E-state index is 13.1. The maximum absolute atomic E-state index is 13.1. The van der Waals surface area contributed by atoms with Crippen molar-refractivity contribution in [2.75, 3.05) is 6.26 Å². The van der Waals surface area contributed by atoms with E-state index >= 15 is 0 Å². The lowest BCUT2D eigenvalue weighted by atomic mass is 10.1. The molecule has 0 aliphatic carbocycles. The molecule has 3 rings (SSSR count). The quantitative estimate of drug-likeness (QED) is 0.534. The van der Waals surface area contributed by atoms with Gasteiger partial charge in [0.15, 0.2) is 0 Å². The van der Waals surface area contributed by atoms with E-state index in [1.807, 2.05) is 62.6 Å². The van der Waals surface area contributed by atoms with Gasteiger partial charge in [-0.25, -0.2) is 0 Å². The molecule has 0 fully saturated rings. The number of carbonyl (C=O) groups excluding carboxylic acids is 1. The molecule has 0 atom stereocenters. The van der Waals surface area contributed by atoms with Crippen molar-refractivity contribution in [2.24, 2.45) is 0 Å². The highest BCUT2D eigenvalue weighted by Crippen LogP contribution is 2.27. The highest BCUT2D eigenvalue weighted by molar-refractivity contribution is 7.98. The average Bonchev–Trinajstić information content (AvgIpc) is 3.14. The first kappa shape index (κ1) is 19.5. The maximum Gasteiger partial charge on any atom is 0.255 e. The van der Waals surface area contributed by atoms with Crippen LogP contribution in [0.4, 0.5) is 0 Å². The zero-order valence-electron chi connectivity index (χ0n) is 15.3. The predicted molar refractivity (Wildman–Crippen MR) is 108 cm³/mol. The minimum absolute atomic E-state index is 0.0249. The fraction of sp³-hybridized carbons (Fsp3) is 0.250. The summed E-state index contributed by atoms with van der Waals surface area (Å²) in [5.41, 5.74) is 1.35. The fourth-order valence-electron chi connectivity index (χ4n) is 2.67. The van der Waals surface area contributed by atoms with E-state index in [-0.39, 0.29) is 18.5 Å². The second kappa shape index (κ2) is 8.59. The Morgan fingerprint density at radius 3 is 2.56 bits per heavy atom. The summed E-state index contributed by atoms with van der Waals surface area (Å²) in [6.45, 7) is 4.16. The predicted octanol–water partition coefficient (Wildman–Crippen LogP) is 5.16. The molecule has 0 bridgehead atoms. The lowest BCUT2D eigenvalue weighted by Gasteiger charge is -2.26. The number of carbonyl (C=O) groups is 1. The Bertz CT molecular complexity index is 942. The average molecular weight is 402 g/mol. The summed E-state index contributed by atoms with van der Waals surface area (Å²) in [5, 5.41) is 8.72. The molecular formula is C20H20ClN3O2S.